The van der Waals surface area contributed by atoms with Crippen LogP contribution in [0.15, 0.2) is 16.9 Å². The Balaban J connectivity index is 2.56. The van der Waals surface area contributed by atoms with E-state index in [2.05, 4.69) is 15.0 Å². The van der Waals surface area contributed by atoms with Gasteiger partial charge in [-0.25, -0.2) is 0 Å². The maximum atomic E-state index is 11.1. The van der Waals surface area contributed by atoms with Crippen LogP contribution >= 0.6 is 0 Å². The number of carboxylic acid groups (broad SMARTS) is 1. The molecule has 1 rings (SSSR count). The summed E-state index contributed by atoms with van der Waals surface area (Å²) in [4.78, 5) is 21.4. The quantitative estimate of drug-likeness (QED) is 0.660. The second kappa shape index (κ2) is 3.70. The fourth-order valence-electron chi connectivity index (χ4n) is 0.624. The summed E-state index contributed by atoms with van der Waals surface area (Å²) < 4.78 is 4.44. The molecule has 1 aromatic rings. The molecular weight excluding hydrogens is 176 g/mol. The number of rotatable bonds is 3. The number of nitrogens with one attached hydrogen (secondary N) is 1. The zero-order valence-corrected chi connectivity index (χ0v) is 6.85. The Labute approximate surface area is 73.5 Å². The Morgan fingerprint density at radius 3 is 2.85 bits per heavy atom. The molecule has 0 aliphatic heterocycles. The van der Waals surface area contributed by atoms with Crippen LogP contribution in [0.2, 0.25) is 0 Å². The lowest BCUT2D eigenvalue weighted by Gasteiger charge is -2.04. The third-order valence-electron chi connectivity index (χ3n) is 1.45. The summed E-state index contributed by atoms with van der Waals surface area (Å²) in [5.74, 6) is -2.70. The third-order valence-corrected chi connectivity index (χ3v) is 1.45. The molecule has 0 saturated carbocycles. The fourth-order valence-corrected chi connectivity index (χ4v) is 0.624. The normalized spacial score (nSPS) is 12.1. The molecule has 13 heavy (non-hydrogen) atoms. The smallest absolute Gasteiger partial charge is 0.315 e. The van der Waals surface area contributed by atoms with Gasteiger partial charge in [0, 0.05) is 6.07 Å². The van der Waals surface area contributed by atoms with Crippen LogP contribution in [0.5, 0.6) is 0 Å². The lowest BCUT2D eigenvalue weighted by molar-refractivity contribution is -0.144. The number of hydrogen-bond donors (Lipinski definition) is 2. The summed E-state index contributed by atoms with van der Waals surface area (Å²) >= 11 is 0. The number of hydrogen-bond acceptors (Lipinski definition) is 4. The highest BCUT2D eigenvalue weighted by Crippen LogP contribution is 2.04. The number of carbonyl (C=O) groups excluding carboxylic acids is 1. The van der Waals surface area contributed by atoms with E-state index in [-0.39, 0.29) is 5.82 Å². The Bertz CT molecular complexity index is 306. The average molecular weight is 184 g/mol. The van der Waals surface area contributed by atoms with Crippen molar-refractivity contribution in [2.75, 3.05) is 5.32 Å². The van der Waals surface area contributed by atoms with Crippen molar-refractivity contribution in [3.63, 3.8) is 0 Å². The minimum absolute atomic E-state index is 0.207. The van der Waals surface area contributed by atoms with Crippen molar-refractivity contribution in [2.45, 2.75) is 6.92 Å². The molecule has 1 unspecified atom stereocenters. The summed E-state index contributed by atoms with van der Waals surface area (Å²) in [7, 11) is 0. The number of amides is 1. The van der Waals surface area contributed by atoms with Crippen LogP contribution in [0.1, 0.15) is 6.92 Å². The Kier molecular flexibility index (Phi) is 2.63. The molecule has 6 heteroatoms. The minimum atomic E-state index is -1.18. The van der Waals surface area contributed by atoms with Crippen molar-refractivity contribution < 1.29 is 19.2 Å². The van der Waals surface area contributed by atoms with Gasteiger partial charge in [-0.2, -0.15) is 0 Å². The number of carbonyl (C=O) groups is 2. The van der Waals surface area contributed by atoms with E-state index in [4.69, 9.17) is 5.11 Å². The van der Waals surface area contributed by atoms with Gasteiger partial charge in [0.25, 0.3) is 0 Å². The van der Waals surface area contributed by atoms with Crippen molar-refractivity contribution >= 4 is 17.7 Å². The number of carboxylic acids is 1. The predicted molar refractivity (Wildman–Crippen MR) is 41.9 cm³/mol. The number of aliphatic carboxylic acids is 1. The summed E-state index contributed by atoms with van der Waals surface area (Å²) in [5, 5.41) is 14.2. The molecule has 1 aromatic heterocycles. The molecule has 1 heterocycles. The van der Waals surface area contributed by atoms with Crippen LogP contribution in [0.25, 0.3) is 0 Å². The SMILES string of the molecule is CC(C(=O)O)C(=O)Nc1ccon1. The van der Waals surface area contributed by atoms with Gasteiger partial charge in [0.2, 0.25) is 5.91 Å². The molecule has 6 nitrogen and oxygen atoms in total. The van der Waals surface area contributed by atoms with E-state index >= 15 is 0 Å². The summed E-state index contributed by atoms with van der Waals surface area (Å²) in [6.45, 7) is 1.29. The van der Waals surface area contributed by atoms with E-state index in [1.807, 2.05) is 0 Å². The van der Waals surface area contributed by atoms with Crippen molar-refractivity contribution in [1.82, 2.24) is 5.16 Å². The third kappa shape index (κ3) is 2.29. The first-order valence-electron chi connectivity index (χ1n) is 3.55. The van der Waals surface area contributed by atoms with Crippen molar-refractivity contribution in [1.29, 1.82) is 0 Å². The first-order valence-corrected chi connectivity index (χ1v) is 3.55. The van der Waals surface area contributed by atoms with Gasteiger partial charge >= 0.3 is 5.97 Å². The van der Waals surface area contributed by atoms with Gasteiger partial charge in [0.1, 0.15) is 12.2 Å². The summed E-state index contributed by atoms with van der Waals surface area (Å²) in [5.41, 5.74) is 0. The molecular formula is C7H8N2O4. The summed E-state index contributed by atoms with van der Waals surface area (Å²) in [6, 6.07) is 1.42. The zero-order chi connectivity index (χ0) is 9.84. The van der Waals surface area contributed by atoms with Gasteiger partial charge in [-0.1, -0.05) is 5.16 Å². The molecule has 0 aliphatic carbocycles. The van der Waals surface area contributed by atoms with Crippen LogP contribution in [-0.4, -0.2) is 22.1 Å². The second-order valence-electron chi connectivity index (χ2n) is 2.43. The van der Waals surface area contributed by atoms with E-state index in [0.29, 0.717) is 0 Å². The lowest BCUT2D eigenvalue weighted by Crippen LogP contribution is -2.26. The standard InChI is InChI=1S/C7H8N2O4/c1-4(7(11)12)6(10)8-5-2-3-13-9-5/h2-4H,1H3,(H,11,12)(H,8,9,10). The first-order chi connectivity index (χ1) is 6.11. The van der Waals surface area contributed by atoms with Crippen LogP contribution in [0.3, 0.4) is 0 Å². The molecule has 1 amide bonds. The Morgan fingerprint density at radius 1 is 1.69 bits per heavy atom. The van der Waals surface area contributed by atoms with Gasteiger partial charge in [-0.15, -0.1) is 0 Å². The first kappa shape index (κ1) is 9.24. The lowest BCUT2D eigenvalue weighted by atomic mass is 10.2. The van der Waals surface area contributed by atoms with E-state index in [0.717, 1.165) is 0 Å². The van der Waals surface area contributed by atoms with Gasteiger partial charge < -0.3 is 14.9 Å². The molecule has 70 valence electrons. The fraction of sp³-hybridized carbons (Fsp3) is 0.286. The maximum absolute atomic E-state index is 11.1. The van der Waals surface area contributed by atoms with Crippen LogP contribution < -0.4 is 5.32 Å². The highest BCUT2D eigenvalue weighted by Gasteiger charge is 2.20. The average Bonchev–Trinajstić information content (AvgIpc) is 2.55. The molecule has 0 bridgehead atoms. The Hall–Kier alpha value is -1.85. The van der Waals surface area contributed by atoms with Crippen LogP contribution in [0.4, 0.5) is 5.82 Å². The largest absolute Gasteiger partial charge is 0.481 e. The Morgan fingerprint density at radius 2 is 2.38 bits per heavy atom. The monoisotopic (exact) mass is 184 g/mol. The highest BCUT2D eigenvalue weighted by atomic mass is 16.5. The van der Waals surface area contributed by atoms with Gasteiger partial charge in [0.05, 0.1) is 0 Å². The predicted octanol–water partition coefficient (Wildman–Crippen LogP) is 0.334. The van der Waals surface area contributed by atoms with Crippen LogP contribution in [0, 0.1) is 5.92 Å². The molecule has 1 atom stereocenters. The van der Waals surface area contributed by atoms with Gasteiger partial charge in [-0.05, 0) is 6.92 Å². The van der Waals surface area contributed by atoms with Crippen molar-refractivity contribution in [3.8, 4) is 0 Å². The second-order valence-corrected chi connectivity index (χ2v) is 2.43. The maximum Gasteiger partial charge on any atom is 0.315 e. The van der Waals surface area contributed by atoms with Crippen molar-refractivity contribution in [2.24, 2.45) is 5.92 Å². The van der Waals surface area contributed by atoms with E-state index in [1.165, 1.54) is 19.3 Å². The number of nitrogens with zero attached hydrogens (tertiary/aromatic N) is 1. The molecule has 2 N–H and O–H groups in total. The van der Waals surface area contributed by atoms with E-state index in [1.54, 1.807) is 0 Å². The number of anilines is 1. The molecule has 0 radical (unpaired) electrons. The molecule has 0 saturated heterocycles. The molecule has 0 fully saturated rings. The summed E-state index contributed by atoms with van der Waals surface area (Å²) in [6.07, 6.45) is 1.28. The van der Waals surface area contributed by atoms with Crippen LogP contribution in [-0.2, 0) is 9.59 Å². The van der Waals surface area contributed by atoms with Gasteiger partial charge in [-0.3, -0.25) is 9.59 Å². The minimum Gasteiger partial charge on any atom is -0.481 e. The molecule has 0 aliphatic rings. The van der Waals surface area contributed by atoms with Crippen molar-refractivity contribution in [3.05, 3.63) is 12.3 Å². The number of aromatic nitrogens is 1. The zero-order valence-electron chi connectivity index (χ0n) is 6.85. The van der Waals surface area contributed by atoms with E-state index in [9.17, 15) is 9.59 Å². The highest BCUT2D eigenvalue weighted by molar-refractivity contribution is 6.03. The molecule has 0 aromatic carbocycles. The molecule has 0 spiro atoms. The van der Waals surface area contributed by atoms with E-state index < -0.39 is 17.8 Å². The van der Waals surface area contributed by atoms with Gasteiger partial charge in [0.15, 0.2) is 5.82 Å². The topological polar surface area (TPSA) is 92.4 Å².